The Bertz CT molecular complexity index is 264. The summed E-state index contributed by atoms with van der Waals surface area (Å²) >= 11 is 0. The molecule has 0 amide bonds. The number of nitrogens with two attached hydrogens (primary N) is 1. The minimum atomic E-state index is -0.297. The molecule has 0 spiro atoms. The molecule has 1 aliphatic rings. The molecule has 0 aromatic heterocycles. The normalized spacial score (nSPS) is 23.9. The number of rotatable bonds is 1. The molecule has 1 unspecified atom stereocenters. The van der Waals surface area contributed by atoms with Gasteiger partial charge >= 0.3 is 0 Å². The van der Waals surface area contributed by atoms with Crippen LogP contribution in [0.15, 0.2) is 28.7 Å². The molecule has 0 saturated carbocycles. The van der Waals surface area contributed by atoms with Gasteiger partial charge in [-0.3, -0.25) is 0 Å². The Balaban J connectivity index is 2.98. The van der Waals surface area contributed by atoms with Crippen LogP contribution in [-0.4, -0.2) is 5.84 Å². The molecule has 2 N–H and O–H groups in total. The van der Waals surface area contributed by atoms with E-state index in [4.69, 9.17) is 5.73 Å². The SMILES string of the molecule is CCC1C=C(C)C(F)=CN=C1N. The second kappa shape index (κ2) is 3.52. The van der Waals surface area contributed by atoms with Gasteiger partial charge in [-0.1, -0.05) is 13.0 Å². The van der Waals surface area contributed by atoms with E-state index in [-0.39, 0.29) is 11.7 Å². The fourth-order valence-electron chi connectivity index (χ4n) is 1.12. The number of hydrogen-bond donors (Lipinski definition) is 1. The highest BCUT2D eigenvalue weighted by Gasteiger charge is 2.12. The van der Waals surface area contributed by atoms with Crippen molar-refractivity contribution in [2.45, 2.75) is 20.3 Å². The van der Waals surface area contributed by atoms with E-state index in [1.54, 1.807) is 6.92 Å². The van der Waals surface area contributed by atoms with Gasteiger partial charge in [-0.15, -0.1) is 0 Å². The Hall–Kier alpha value is -1.12. The van der Waals surface area contributed by atoms with E-state index in [1.165, 1.54) is 6.20 Å². The fourth-order valence-corrected chi connectivity index (χ4v) is 1.12. The Morgan fingerprint density at radius 3 is 2.92 bits per heavy atom. The van der Waals surface area contributed by atoms with Crippen molar-refractivity contribution in [3.8, 4) is 0 Å². The topological polar surface area (TPSA) is 38.4 Å². The van der Waals surface area contributed by atoms with E-state index in [0.717, 1.165) is 6.42 Å². The van der Waals surface area contributed by atoms with E-state index < -0.39 is 0 Å². The summed E-state index contributed by atoms with van der Waals surface area (Å²) in [5.41, 5.74) is 6.22. The molecule has 0 bridgehead atoms. The minimum absolute atomic E-state index is 0.0782. The maximum absolute atomic E-state index is 13.0. The number of halogens is 1. The molecule has 1 aliphatic heterocycles. The van der Waals surface area contributed by atoms with Crippen LogP contribution in [0.4, 0.5) is 4.39 Å². The third-order valence-electron chi connectivity index (χ3n) is 1.97. The number of amidine groups is 1. The van der Waals surface area contributed by atoms with Gasteiger partial charge in [0.05, 0.1) is 6.20 Å². The van der Waals surface area contributed by atoms with Gasteiger partial charge in [0.2, 0.25) is 0 Å². The average molecular weight is 168 g/mol. The first-order chi connectivity index (χ1) is 5.65. The summed E-state index contributed by atoms with van der Waals surface area (Å²) in [7, 11) is 0. The molecule has 0 fully saturated rings. The lowest BCUT2D eigenvalue weighted by molar-refractivity contribution is 0.646. The quantitative estimate of drug-likeness (QED) is 0.640. The molecular formula is C9H13FN2. The van der Waals surface area contributed by atoms with Crippen molar-refractivity contribution in [1.29, 1.82) is 0 Å². The van der Waals surface area contributed by atoms with Gasteiger partial charge in [0.1, 0.15) is 11.7 Å². The summed E-state index contributed by atoms with van der Waals surface area (Å²) < 4.78 is 13.0. The smallest absolute Gasteiger partial charge is 0.144 e. The highest BCUT2D eigenvalue weighted by Crippen LogP contribution is 2.19. The number of nitrogens with zero attached hydrogens (tertiary/aromatic N) is 1. The van der Waals surface area contributed by atoms with Crippen LogP contribution in [-0.2, 0) is 0 Å². The standard InChI is InChI=1S/C9H13FN2/c1-3-7-4-6(2)8(10)5-12-9(7)11/h4-5,7H,3H2,1-2H3,(H2,11,12). The molecule has 3 heteroatoms. The van der Waals surface area contributed by atoms with Crippen molar-refractivity contribution in [3.05, 3.63) is 23.7 Å². The van der Waals surface area contributed by atoms with Crippen molar-refractivity contribution >= 4 is 5.84 Å². The lowest BCUT2D eigenvalue weighted by Crippen LogP contribution is -2.20. The van der Waals surface area contributed by atoms with E-state index >= 15 is 0 Å². The second-order valence-electron chi connectivity index (χ2n) is 2.90. The monoisotopic (exact) mass is 168 g/mol. The first-order valence-electron chi connectivity index (χ1n) is 4.02. The predicted octanol–water partition coefficient (Wildman–Crippen LogP) is 2.14. The summed E-state index contributed by atoms with van der Waals surface area (Å²) in [6, 6.07) is 0. The lowest BCUT2D eigenvalue weighted by Gasteiger charge is -2.07. The van der Waals surface area contributed by atoms with E-state index in [1.807, 2.05) is 13.0 Å². The molecule has 0 saturated heterocycles. The highest BCUT2D eigenvalue weighted by molar-refractivity contribution is 5.85. The Morgan fingerprint density at radius 2 is 2.33 bits per heavy atom. The van der Waals surface area contributed by atoms with E-state index in [2.05, 4.69) is 4.99 Å². The lowest BCUT2D eigenvalue weighted by atomic mass is 10.0. The van der Waals surface area contributed by atoms with Crippen LogP contribution in [0.5, 0.6) is 0 Å². The molecule has 12 heavy (non-hydrogen) atoms. The van der Waals surface area contributed by atoms with Gasteiger partial charge in [-0.25, -0.2) is 9.38 Å². The summed E-state index contributed by atoms with van der Waals surface area (Å²) in [6.45, 7) is 3.72. The van der Waals surface area contributed by atoms with Gasteiger partial charge in [0.25, 0.3) is 0 Å². The number of allylic oxidation sites excluding steroid dienone is 2. The fraction of sp³-hybridized carbons (Fsp3) is 0.444. The summed E-state index contributed by atoms with van der Waals surface area (Å²) in [4.78, 5) is 3.81. The van der Waals surface area contributed by atoms with Crippen molar-refractivity contribution in [3.63, 3.8) is 0 Å². The maximum atomic E-state index is 13.0. The predicted molar refractivity (Wildman–Crippen MR) is 48.4 cm³/mol. The third kappa shape index (κ3) is 1.72. The number of aliphatic imine (C=N–C) groups is 1. The van der Waals surface area contributed by atoms with Crippen LogP contribution in [0.2, 0.25) is 0 Å². The molecular weight excluding hydrogens is 155 g/mol. The van der Waals surface area contributed by atoms with Crippen molar-refractivity contribution in [2.75, 3.05) is 0 Å². The van der Waals surface area contributed by atoms with Gasteiger partial charge in [0.15, 0.2) is 0 Å². The molecule has 0 aromatic carbocycles. The van der Waals surface area contributed by atoms with Gasteiger partial charge < -0.3 is 5.73 Å². The first kappa shape index (κ1) is 8.97. The van der Waals surface area contributed by atoms with Crippen LogP contribution in [0.1, 0.15) is 20.3 Å². The van der Waals surface area contributed by atoms with Gasteiger partial charge in [-0.2, -0.15) is 0 Å². The van der Waals surface area contributed by atoms with Crippen molar-refractivity contribution in [1.82, 2.24) is 0 Å². The molecule has 0 aliphatic carbocycles. The summed E-state index contributed by atoms with van der Waals surface area (Å²) in [6.07, 6.45) is 3.85. The van der Waals surface area contributed by atoms with Gasteiger partial charge in [-0.05, 0) is 18.9 Å². The Kier molecular flexibility index (Phi) is 2.63. The molecule has 0 aromatic rings. The van der Waals surface area contributed by atoms with Crippen LogP contribution in [0.3, 0.4) is 0 Å². The van der Waals surface area contributed by atoms with Crippen LogP contribution >= 0.6 is 0 Å². The number of hydrogen-bond acceptors (Lipinski definition) is 2. The zero-order valence-electron chi connectivity index (χ0n) is 7.34. The summed E-state index contributed by atoms with van der Waals surface area (Å²) in [5, 5.41) is 0. The Labute approximate surface area is 71.7 Å². The Morgan fingerprint density at radius 1 is 1.67 bits per heavy atom. The molecule has 66 valence electrons. The zero-order valence-corrected chi connectivity index (χ0v) is 7.34. The van der Waals surface area contributed by atoms with Crippen LogP contribution in [0, 0.1) is 5.92 Å². The third-order valence-corrected chi connectivity index (χ3v) is 1.97. The molecule has 1 atom stereocenters. The molecule has 2 nitrogen and oxygen atoms in total. The van der Waals surface area contributed by atoms with Crippen LogP contribution < -0.4 is 5.73 Å². The second-order valence-corrected chi connectivity index (χ2v) is 2.90. The maximum Gasteiger partial charge on any atom is 0.144 e. The van der Waals surface area contributed by atoms with Gasteiger partial charge in [0, 0.05) is 5.92 Å². The largest absolute Gasteiger partial charge is 0.387 e. The minimum Gasteiger partial charge on any atom is -0.387 e. The zero-order chi connectivity index (χ0) is 9.14. The van der Waals surface area contributed by atoms with Crippen LogP contribution in [0.25, 0.3) is 0 Å². The summed E-state index contributed by atoms with van der Waals surface area (Å²) in [5.74, 6) is 0.271. The molecule has 1 rings (SSSR count). The van der Waals surface area contributed by atoms with E-state index in [9.17, 15) is 4.39 Å². The molecule has 0 radical (unpaired) electrons. The first-order valence-corrected chi connectivity index (χ1v) is 4.02. The highest BCUT2D eigenvalue weighted by atomic mass is 19.1. The molecule has 1 heterocycles. The van der Waals surface area contributed by atoms with Crippen molar-refractivity contribution in [2.24, 2.45) is 16.6 Å². The average Bonchev–Trinajstić information content (AvgIpc) is 2.18. The van der Waals surface area contributed by atoms with E-state index in [0.29, 0.717) is 11.4 Å². The van der Waals surface area contributed by atoms with Crippen molar-refractivity contribution < 1.29 is 4.39 Å².